The van der Waals surface area contributed by atoms with Crippen molar-refractivity contribution >= 4 is 5.91 Å². The molecule has 1 aliphatic heterocycles. The fraction of sp³-hybridized carbons (Fsp3) is 0.238. The highest BCUT2D eigenvalue weighted by atomic mass is 19.1. The Bertz CT molecular complexity index is 1030. The molecule has 0 bridgehead atoms. The van der Waals surface area contributed by atoms with Crippen LogP contribution in [0, 0.1) is 12.7 Å². The van der Waals surface area contributed by atoms with Crippen LogP contribution in [0.2, 0.25) is 0 Å². The number of phenols is 1. The monoisotopic (exact) mass is 365 g/mol. The van der Waals surface area contributed by atoms with Crippen molar-refractivity contribution in [1.82, 2.24) is 15.1 Å². The number of phenolic OH excluding ortho intramolecular Hbond substituents is 1. The Hall–Kier alpha value is -3.15. The van der Waals surface area contributed by atoms with Crippen molar-refractivity contribution in [3.63, 3.8) is 0 Å². The molecule has 1 aromatic heterocycles. The molecule has 0 aliphatic carbocycles. The van der Waals surface area contributed by atoms with Crippen LogP contribution in [0.4, 0.5) is 4.39 Å². The van der Waals surface area contributed by atoms with E-state index in [0.29, 0.717) is 34.6 Å². The third kappa shape index (κ3) is 2.68. The maximum Gasteiger partial charge on any atom is 0.273 e. The summed E-state index contributed by atoms with van der Waals surface area (Å²) in [6.45, 7) is 4.39. The van der Waals surface area contributed by atoms with E-state index in [2.05, 4.69) is 10.2 Å². The summed E-state index contributed by atoms with van der Waals surface area (Å²) in [5, 5.41) is 17.5. The number of carbonyl (C=O) groups excluding carboxylic acids is 1. The molecule has 3 aromatic rings. The topological polar surface area (TPSA) is 69.2 Å². The molecule has 1 amide bonds. The van der Waals surface area contributed by atoms with Gasteiger partial charge in [0.25, 0.3) is 5.91 Å². The Kier molecular flexibility index (Phi) is 4.18. The number of nitrogens with zero attached hydrogens (tertiary/aromatic N) is 2. The number of amides is 1. The van der Waals surface area contributed by atoms with Crippen molar-refractivity contribution in [3.05, 3.63) is 70.7 Å². The first-order valence-electron chi connectivity index (χ1n) is 8.96. The third-order valence-corrected chi connectivity index (χ3v) is 4.94. The van der Waals surface area contributed by atoms with Gasteiger partial charge in [0.1, 0.15) is 23.0 Å². The minimum Gasteiger partial charge on any atom is -0.507 e. The lowest BCUT2D eigenvalue weighted by Gasteiger charge is -2.26. The lowest BCUT2D eigenvalue weighted by atomic mass is 9.94. The lowest BCUT2D eigenvalue weighted by molar-refractivity contribution is 0.0742. The van der Waals surface area contributed by atoms with Gasteiger partial charge in [0.2, 0.25) is 0 Å². The second kappa shape index (κ2) is 6.54. The second-order valence-electron chi connectivity index (χ2n) is 6.80. The Morgan fingerprint density at radius 3 is 2.78 bits per heavy atom. The number of carbonyl (C=O) groups is 1. The van der Waals surface area contributed by atoms with E-state index in [1.165, 1.54) is 6.07 Å². The number of H-pyrrole nitrogens is 1. The van der Waals surface area contributed by atoms with E-state index in [0.717, 1.165) is 12.0 Å². The highest BCUT2D eigenvalue weighted by molar-refractivity contribution is 6.00. The smallest absolute Gasteiger partial charge is 0.273 e. The first-order chi connectivity index (χ1) is 13.0. The van der Waals surface area contributed by atoms with Gasteiger partial charge in [-0.15, -0.1) is 0 Å². The Balaban J connectivity index is 1.96. The highest BCUT2D eigenvalue weighted by Gasteiger charge is 2.43. The number of aromatic hydroxyl groups is 1. The van der Waals surface area contributed by atoms with Crippen LogP contribution in [0.3, 0.4) is 0 Å². The van der Waals surface area contributed by atoms with Crippen molar-refractivity contribution in [2.75, 3.05) is 6.54 Å². The SMILES string of the molecule is CCCN1C(=O)c2[nH]nc(-c3cc(C)ccc3O)c2[C@H]1c1ccccc1F. The summed E-state index contributed by atoms with van der Waals surface area (Å²) in [4.78, 5) is 14.6. The number of halogens is 1. The van der Waals surface area contributed by atoms with Gasteiger partial charge in [0.15, 0.2) is 0 Å². The quantitative estimate of drug-likeness (QED) is 0.729. The van der Waals surface area contributed by atoms with E-state index in [1.54, 1.807) is 35.2 Å². The predicted octanol–water partition coefficient (Wildman–Crippen LogP) is 4.19. The lowest BCUT2D eigenvalue weighted by Crippen LogP contribution is -2.30. The van der Waals surface area contributed by atoms with Gasteiger partial charge in [-0.3, -0.25) is 9.89 Å². The summed E-state index contributed by atoms with van der Waals surface area (Å²) < 4.78 is 14.6. The molecular formula is C21H20FN3O2. The third-order valence-electron chi connectivity index (χ3n) is 4.94. The normalized spacial score (nSPS) is 16.0. The van der Waals surface area contributed by atoms with Gasteiger partial charge in [0, 0.05) is 23.2 Å². The second-order valence-corrected chi connectivity index (χ2v) is 6.80. The van der Waals surface area contributed by atoms with Gasteiger partial charge < -0.3 is 10.0 Å². The summed E-state index contributed by atoms with van der Waals surface area (Å²) >= 11 is 0. The van der Waals surface area contributed by atoms with Crippen LogP contribution < -0.4 is 0 Å². The van der Waals surface area contributed by atoms with Crippen molar-refractivity contribution in [2.24, 2.45) is 0 Å². The van der Waals surface area contributed by atoms with Crippen molar-refractivity contribution in [1.29, 1.82) is 0 Å². The molecule has 6 heteroatoms. The van der Waals surface area contributed by atoms with Gasteiger partial charge in [-0.25, -0.2) is 4.39 Å². The standard InChI is InChI=1S/C21H20FN3O2/c1-3-10-25-20(13-6-4-5-7-15(13)22)17-18(23-24-19(17)21(25)27)14-11-12(2)8-9-16(14)26/h4-9,11,20,26H,3,10H2,1-2H3,(H,23,24)/t20-/m1/s1. The van der Waals surface area contributed by atoms with Crippen LogP contribution in [-0.4, -0.2) is 32.7 Å². The number of aromatic amines is 1. The molecule has 138 valence electrons. The average Bonchev–Trinajstić information content (AvgIpc) is 3.18. The fourth-order valence-electron chi connectivity index (χ4n) is 3.73. The predicted molar refractivity (Wildman–Crippen MR) is 100.0 cm³/mol. The van der Waals surface area contributed by atoms with Crippen LogP contribution in [0.25, 0.3) is 11.3 Å². The zero-order valence-electron chi connectivity index (χ0n) is 15.2. The van der Waals surface area contributed by atoms with Crippen molar-refractivity contribution < 1.29 is 14.3 Å². The van der Waals surface area contributed by atoms with E-state index in [9.17, 15) is 14.3 Å². The van der Waals surface area contributed by atoms with Gasteiger partial charge >= 0.3 is 0 Å². The molecular weight excluding hydrogens is 345 g/mol. The average molecular weight is 365 g/mol. The van der Waals surface area contributed by atoms with Crippen molar-refractivity contribution in [2.45, 2.75) is 26.3 Å². The summed E-state index contributed by atoms with van der Waals surface area (Å²) in [6, 6.07) is 11.1. The van der Waals surface area contributed by atoms with Gasteiger partial charge in [0.05, 0.1) is 6.04 Å². The maximum atomic E-state index is 14.6. The number of nitrogens with one attached hydrogen (secondary N) is 1. The number of aryl methyl sites for hydroxylation is 1. The number of benzene rings is 2. The Morgan fingerprint density at radius 1 is 1.26 bits per heavy atom. The largest absolute Gasteiger partial charge is 0.507 e. The molecule has 1 aliphatic rings. The van der Waals surface area contributed by atoms with Gasteiger partial charge in [-0.1, -0.05) is 36.8 Å². The number of aromatic nitrogens is 2. The molecule has 0 saturated carbocycles. The molecule has 27 heavy (non-hydrogen) atoms. The zero-order chi connectivity index (χ0) is 19.1. The molecule has 1 atom stereocenters. The fourth-order valence-corrected chi connectivity index (χ4v) is 3.73. The van der Waals surface area contributed by atoms with Crippen LogP contribution in [-0.2, 0) is 0 Å². The molecule has 0 saturated heterocycles. The molecule has 0 unspecified atom stereocenters. The molecule has 2 aromatic carbocycles. The summed E-state index contributed by atoms with van der Waals surface area (Å²) in [7, 11) is 0. The molecule has 2 heterocycles. The van der Waals surface area contributed by atoms with Crippen LogP contribution in [0.5, 0.6) is 5.75 Å². The molecule has 4 rings (SSSR count). The minimum atomic E-state index is -0.581. The Labute approximate surface area is 156 Å². The van der Waals surface area contributed by atoms with Crippen molar-refractivity contribution in [3.8, 4) is 17.0 Å². The highest BCUT2D eigenvalue weighted by Crippen LogP contribution is 2.45. The Morgan fingerprint density at radius 2 is 2.04 bits per heavy atom. The zero-order valence-corrected chi connectivity index (χ0v) is 15.2. The van der Waals surface area contributed by atoms with E-state index in [4.69, 9.17) is 0 Å². The minimum absolute atomic E-state index is 0.0728. The maximum absolute atomic E-state index is 14.6. The molecule has 0 fully saturated rings. The summed E-state index contributed by atoms with van der Waals surface area (Å²) in [6.07, 6.45) is 0.749. The number of fused-ring (bicyclic) bond motifs is 1. The first kappa shape index (κ1) is 17.3. The van der Waals surface area contributed by atoms with E-state index in [-0.39, 0.29) is 17.5 Å². The van der Waals surface area contributed by atoms with Gasteiger partial charge in [-0.2, -0.15) is 5.10 Å². The van der Waals surface area contributed by atoms with Crippen LogP contribution in [0.15, 0.2) is 42.5 Å². The molecule has 5 nitrogen and oxygen atoms in total. The van der Waals surface area contributed by atoms with Crippen LogP contribution >= 0.6 is 0 Å². The van der Waals surface area contributed by atoms with E-state index >= 15 is 0 Å². The summed E-state index contributed by atoms with van der Waals surface area (Å²) in [5.41, 5.74) is 3.35. The molecule has 0 radical (unpaired) electrons. The van der Waals surface area contributed by atoms with E-state index in [1.807, 2.05) is 19.9 Å². The number of rotatable bonds is 4. The first-order valence-corrected chi connectivity index (χ1v) is 8.96. The summed E-state index contributed by atoms with van der Waals surface area (Å²) in [5.74, 6) is -0.501. The molecule has 2 N–H and O–H groups in total. The number of hydrogen-bond acceptors (Lipinski definition) is 3. The van der Waals surface area contributed by atoms with Gasteiger partial charge in [-0.05, 0) is 31.5 Å². The van der Waals surface area contributed by atoms with Crippen LogP contribution in [0.1, 0.15) is 46.6 Å². The molecule has 0 spiro atoms. The number of hydrogen-bond donors (Lipinski definition) is 2. The van der Waals surface area contributed by atoms with E-state index < -0.39 is 6.04 Å².